The van der Waals surface area contributed by atoms with Crippen molar-refractivity contribution in [1.29, 1.82) is 0 Å². The van der Waals surface area contributed by atoms with Crippen molar-refractivity contribution in [2.45, 2.75) is 70.9 Å². The number of rotatable bonds is 8. The van der Waals surface area contributed by atoms with Crippen molar-refractivity contribution in [3.63, 3.8) is 0 Å². The van der Waals surface area contributed by atoms with E-state index in [0.717, 1.165) is 38.4 Å². The maximum absolute atomic E-state index is 12.2. The van der Waals surface area contributed by atoms with Crippen LogP contribution in [0, 0.1) is 11.8 Å². The maximum Gasteiger partial charge on any atom is 0.239 e. The number of piperidine rings is 1. The summed E-state index contributed by atoms with van der Waals surface area (Å²) in [5, 5.41) is 3.52. The number of hydrogen-bond acceptors (Lipinski definition) is 3. The Labute approximate surface area is 129 Å². The quantitative estimate of drug-likeness (QED) is 0.721. The Morgan fingerprint density at radius 3 is 2.33 bits per heavy atom. The summed E-state index contributed by atoms with van der Waals surface area (Å²) in [7, 11) is 0. The highest BCUT2D eigenvalue weighted by molar-refractivity contribution is 5.86. The van der Waals surface area contributed by atoms with Crippen LogP contribution in [0.4, 0.5) is 0 Å². The van der Waals surface area contributed by atoms with Crippen LogP contribution in [0.5, 0.6) is 0 Å². The Hall–Kier alpha value is -0.610. The molecule has 1 atom stereocenters. The molecule has 0 aromatic rings. The number of nitrogens with zero attached hydrogens (tertiary/aromatic N) is 1. The molecule has 3 N–H and O–H groups in total. The first-order valence-corrected chi connectivity index (χ1v) is 8.78. The molecule has 2 fully saturated rings. The summed E-state index contributed by atoms with van der Waals surface area (Å²) in [4.78, 5) is 14.7. The predicted octanol–water partition coefficient (Wildman–Crippen LogP) is 2.13. The van der Waals surface area contributed by atoms with Crippen molar-refractivity contribution in [1.82, 2.24) is 10.2 Å². The van der Waals surface area contributed by atoms with Gasteiger partial charge < -0.3 is 10.6 Å². The summed E-state index contributed by atoms with van der Waals surface area (Å²) < 4.78 is 0. The van der Waals surface area contributed by atoms with Gasteiger partial charge in [0.25, 0.3) is 0 Å². The third-order valence-corrected chi connectivity index (χ3v) is 5.14. The normalized spacial score (nSPS) is 24.2. The Bertz CT molecular complexity index is 346. The fourth-order valence-electron chi connectivity index (χ4n) is 3.93. The molecule has 21 heavy (non-hydrogen) atoms. The molecule has 0 bridgehead atoms. The van der Waals surface area contributed by atoms with Gasteiger partial charge in [-0.25, -0.2) is 0 Å². The van der Waals surface area contributed by atoms with Gasteiger partial charge in [0.1, 0.15) is 5.54 Å². The van der Waals surface area contributed by atoms with Crippen molar-refractivity contribution >= 4 is 5.91 Å². The van der Waals surface area contributed by atoms with E-state index >= 15 is 0 Å². The van der Waals surface area contributed by atoms with E-state index in [1.807, 2.05) is 0 Å². The molecular weight excluding hydrogens is 262 g/mol. The molecule has 2 rings (SSSR count). The Morgan fingerprint density at radius 1 is 1.29 bits per heavy atom. The van der Waals surface area contributed by atoms with E-state index in [2.05, 4.69) is 31.0 Å². The third-order valence-electron chi connectivity index (χ3n) is 5.14. The summed E-state index contributed by atoms with van der Waals surface area (Å²) in [6.45, 7) is 9.51. The van der Waals surface area contributed by atoms with E-state index in [9.17, 15) is 4.79 Å². The summed E-state index contributed by atoms with van der Waals surface area (Å²) >= 11 is 0. The largest absolute Gasteiger partial charge is 0.368 e. The molecule has 122 valence electrons. The molecule has 4 heteroatoms. The molecule has 1 heterocycles. The summed E-state index contributed by atoms with van der Waals surface area (Å²) in [5.74, 6) is 1.16. The highest BCUT2D eigenvalue weighted by atomic mass is 16.1. The summed E-state index contributed by atoms with van der Waals surface area (Å²) in [6, 6.07) is 0.288. The molecule has 1 unspecified atom stereocenters. The van der Waals surface area contributed by atoms with Crippen LogP contribution >= 0.6 is 0 Å². The Kier molecular flexibility index (Phi) is 5.67. The average Bonchev–Trinajstić information content (AvgIpc) is 3.24. The Balaban J connectivity index is 1.97. The van der Waals surface area contributed by atoms with Crippen LogP contribution in [0.2, 0.25) is 0 Å². The minimum atomic E-state index is -0.508. The van der Waals surface area contributed by atoms with Crippen molar-refractivity contribution < 1.29 is 4.79 Å². The number of nitrogens with two attached hydrogens (primary N) is 1. The van der Waals surface area contributed by atoms with E-state index < -0.39 is 5.54 Å². The van der Waals surface area contributed by atoms with Crippen molar-refractivity contribution in [2.75, 3.05) is 19.6 Å². The van der Waals surface area contributed by atoms with Crippen LogP contribution in [0.15, 0.2) is 0 Å². The SMILES string of the molecule is CCCC1CCN(CC(NC(C)C)(C(N)=O)C2CC2)CC1. The first-order valence-electron chi connectivity index (χ1n) is 8.78. The van der Waals surface area contributed by atoms with Crippen LogP contribution < -0.4 is 11.1 Å². The molecule has 4 nitrogen and oxygen atoms in total. The number of carbonyl (C=O) groups is 1. The van der Waals surface area contributed by atoms with Crippen molar-refractivity contribution in [3.8, 4) is 0 Å². The standard InChI is InChI=1S/C17H33N3O/c1-4-5-14-8-10-20(11-9-14)12-17(16(18)21,15-6-7-15)19-13(2)3/h13-15,19H,4-12H2,1-3H3,(H2,18,21). The lowest BCUT2D eigenvalue weighted by atomic mass is 9.87. The van der Waals surface area contributed by atoms with E-state index in [4.69, 9.17) is 5.73 Å². The van der Waals surface area contributed by atoms with Gasteiger partial charge in [0.15, 0.2) is 0 Å². The fourth-order valence-corrected chi connectivity index (χ4v) is 3.93. The van der Waals surface area contributed by atoms with E-state index in [-0.39, 0.29) is 11.9 Å². The predicted molar refractivity (Wildman–Crippen MR) is 87.0 cm³/mol. The Morgan fingerprint density at radius 2 is 1.90 bits per heavy atom. The van der Waals surface area contributed by atoms with Crippen LogP contribution in [0.25, 0.3) is 0 Å². The number of primary amides is 1. The lowest BCUT2D eigenvalue weighted by Gasteiger charge is -2.41. The zero-order valence-electron chi connectivity index (χ0n) is 14.0. The molecule has 0 spiro atoms. The maximum atomic E-state index is 12.2. The molecular formula is C17H33N3O. The monoisotopic (exact) mass is 295 g/mol. The highest BCUT2D eigenvalue weighted by Crippen LogP contribution is 2.41. The van der Waals surface area contributed by atoms with E-state index in [1.54, 1.807) is 0 Å². The molecule has 1 amide bonds. The van der Waals surface area contributed by atoms with Gasteiger partial charge in [-0.15, -0.1) is 0 Å². The number of likely N-dealkylation sites (tertiary alicyclic amines) is 1. The third kappa shape index (κ3) is 4.19. The zero-order chi connectivity index (χ0) is 15.5. The van der Waals surface area contributed by atoms with Crippen LogP contribution in [-0.2, 0) is 4.79 Å². The van der Waals surface area contributed by atoms with Crippen LogP contribution in [0.3, 0.4) is 0 Å². The lowest BCUT2D eigenvalue weighted by Crippen LogP contribution is -2.65. The highest BCUT2D eigenvalue weighted by Gasteiger charge is 2.51. The van der Waals surface area contributed by atoms with Crippen LogP contribution in [-0.4, -0.2) is 42.0 Å². The second-order valence-corrected chi connectivity index (χ2v) is 7.42. The van der Waals surface area contributed by atoms with Gasteiger partial charge in [0.05, 0.1) is 0 Å². The molecule has 1 aliphatic heterocycles. The van der Waals surface area contributed by atoms with Gasteiger partial charge in [0.2, 0.25) is 5.91 Å². The van der Waals surface area contributed by atoms with Crippen LogP contribution in [0.1, 0.15) is 59.3 Å². The van der Waals surface area contributed by atoms with Gasteiger partial charge in [-0.2, -0.15) is 0 Å². The average molecular weight is 295 g/mol. The van der Waals surface area contributed by atoms with Crippen molar-refractivity contribution in [2.24, 2.45) is 17.6 Å². The molecule has 0 aromatic heterocycles. The minimum absolute atomic E-state index is 0.158. The minimum Gasteiger partial charge on any atom is -0.368 e. The lowest BCUT2D eigenvalue weighted by molar-refractivity contribution is -0.126. The number of nitrogens with one attached hydrogen (secondary N) is 1. The summed E-state index contributed by atoms with van der Waals surface area (Å²) in [5.41, 5.74) is 5.32. The van der Waals surface area contributed by atoms with Gasteiger partial charge in [-0.05, 0) is 64.5 Å². The smallest absolute Gasteiger partial charge is 0.239 e. The molecule has 1 aliphatic carbocycles. The number of hydrogen-bond donors (Lipinski definition) is 2. The molecule has 2 aliphatic rings. The van der Waals surface area contributed by atoms with E-state index in [1.165, 1.54) is 25.7 Å². The topological polar surface area (TPSA) is 58.4 Å². The first kappa shape index (κ1) is 16.8. The van der Waals surface area contributed by atoms with E-state index in [0.29, 0.717) is 5.92 Å². The van der Waals surface area contributed by atoms with Crippen molar-refractivity contribution in [3.05, 3.63) is 0 Å². The number of amides is 1. The second-order valence-electron chi connectivity index (χ2n) is 7.42. The second kappa shape index (κ2) is 7.10. The molecule has 1 saturated heterocycles. The fraction of sp³-hybridized carbons (Fsp3) is 0.941. The first-order chi connectivity index (χ1) is 9.98. The molecule has 0 radical (unpaired) electrons. The summed E-state index contributed by atoms with van der Waals surface area (Å²) in [6.07, 6.45) is 7.45. The number of carbonyl (C=O) groups excluding carboxylic acids is 1. The molecule has 0 aromatic carbocycles. The van der Waals surface area contributed by atoms with Gasteiger partial charge >= 0.3 is 0 Å². The molecule has 1 saturated carbocycles. The van der Waals surface area contributed by atoms with Gasteiger partial charge in [0, 0.05) is 12.6 Å². The van der Waals surface area contributed by atoms with Gasteiger partial charge in [-0.3, -0.25) is 10.1 Å². The van der Waals surface area contributed by atoms with Gasteiger partial charge in [-0.1, -0.05) is 19.8 Å². The zero-order valence-corrected chi connectivity index (χ0v) is 14.0.